The van der Waals surface area contributed by atoms with Crippen molar-refractivity contribution in [3.63, 3.8) is 0 Å². The summed E-state index contributed by atoms with van der Waals surface area (Å²) >= 11 is 0. The molecule has 0 bridgehead atoms. The second-order valence-corrected chi connectivity index (χ2v) is 10.0. The molecular weight excluding hydrogens is 364 g/mol. The van der Waals surface area contributed by atoms with E-state index in [4.69, 9.17) is 4.74 Å². The van der Waals surface area contributed by atoms with Crippen molar-refractivity contribution in [2.75, 3.05) is 38.5 Å². The van der Waals surface area contributed by atoms with E-state index in [0.717, 1.165) is 0 Å². The van der Waals surface area contributed by atoms with Gasteiger partial charge in [0.1, 0.15) is 5.75 Å². The summed E-state index contributed by atoms with van der Waals surface area (Å²) in [5.74, 6) is 1.28. The Balaban J connectivity index is 1.46. The minimum atomic E-state index is -0.884. The molecule has 0 N–H and O–H groups in total. The first-order chi connectivity index (χ1) is 12.9. The quantitative estimate of drug-likeness (QED) is 0.782. The summed E-state index contributed by atoms with van der Waals surface area (Å²) in [5.41, 5.74) is 0. The van der Waals surface area contributed by atoms with Gasteiger partial charge < -0.3 is 14.5 Å². The zero-order valence-corrected chi connectivity index (χ0v) is 16.9. The number of ether oxygens (including phenoxy) is 1. The van der Waals surface area contributed by atoms with Gasteiger partial charge in [-0.15, -0.1) is 0 Å². The van der Waals surface area contributed by atoms with Gasteiger partial charge in [0.15, 0.2) is 6.61 Å². The summed E-state index contributed by atoms with van der Waals surface area (Å²) in [4.78, 5) is 28.8. The van der Waals surface area contributed by atoms with E-state index in [-0.39, 0.29) is 29.1 Å². The molecule has 0 radical (unpaired) electrons. The van der Waals surface area contributed by atoms with Crippen molar-refractivity contribution in [2.24, 2.45) is 5.92 Å². The van der Waals surface area contributed by atoms with E-state index in [1.54, 1.807) is 4.90 Å². The maximum atomic E-state index is 12.8. The number of rotatable bonds is 4. The van der Waals surface area contributed by atoms with Crippen LogP contribution in [0.3, 0.4) is 0 Å². The number of amides is 2. The van der Waals surface area contributed by atoms with Gasteiger partial charge in [0.2, 0.25) is 5.91 Å². The van der Waals surface area contributed by atoms with E-state index >= 15 is 0 Å². The van der Waals surface area contributed by atoms with E-state index in [9.17, 15) is 13.8 Å². The third kappa shape index (κ3) is 4.89. The normalized spacial score (nSPS) is 23.1. The van der Waals surface area contributed by atoms with Crippen LogP contribution in [0.5, 0.6) is 5.75 Å². The Kier molecular flexibility index (Phi) is 6.19. The second-order valence-electron chi connectivity index (χ2n) is 7.83. The fourth-order valence-corrected chi connectivity index (χ4v) is 4.89. The molecule has 6 nitrogen and oxygen atoms in total. The third-order valence-corrected chi connectivity index (χ3v) is 7.26. The smallest absolute Gasteiger partial charge is 0.260 e. The van der Waals surface area contributed by atoms with Gasteiger partial charge in [-0.3, -0.25) is 13.8 Å². The van der Waals surface area contributed by atoms with Crippen molar-refractivity contribution < 1.29 is 18.5 Å². The van der Waals surface area contributed by atoms with Crippen molar-refractivity contribution in [1.82, 2.24) is 9.80 Å². The first-order valence-corrected chi connectivity index (χ1v) is 10.8. The molecule has 1 aromatic carbocycles. The third-order valence-electron chi connectivity index (χ3n) is 5.35. The standard InChI is InChI=1S/C20H28N2O4S/c1-20(2)15-22(12-13-27(20)25)19(24)16-8-10-21(11-9-16)18(23)14-26-17-6-4-3-5-7-17/h3-7,16H,8-15H2,1-2H3. The molecule has 27 heavy (non-hydrogen) atoms. The zero-order chi connectivity index (χ0) is 19.4. The van der Waals surface area contributed by atoms with Gasteiger partial charge in [-0.05, 0) is 38.8 Å². The number of carbonyl (C=O) groups is 2. The van der Waals surface area contributed by atoms with Crippen molar-refractivity contribution in [3.8, 4) is 5.75 Å². The molecule has 2 aliphatic heterocycles. The Labute approximate surface area is 163 Å². The van der Waals surface area contributed by atoms with Crippen molar-refractivity contribution in [2.45, 2.75) is 31.4 Å². The summed E-state index contributed by atoms with van der Waals surface area (Å²) in [6, 6.07) is 9.29. The molecule has 3 rings (SSSR count). The number of likely N-dealkylation sites (tertiary alicyclic amines) is 1. The summed E-state index contributed by atoms with van der Waals surface area (Å²) in [6.07, 6.45) is 1.35. The molecule has 7 heteroatoms. The lowest BCUT2D eigenvalue weighted by molar-refractivity contribution is -0.141. The van der Waals surface area contributed by atoms with Crippen LogP contribution in [0.25, 0.3) is 0 Å². The summed E-state index contributed by atoms with van der Waals surface area (Å²) in [5, 5.41) is 0. The molecule has 1 unspecified atom stereocenters. The largest absolute Gasteiger partial charge is 0.484 e. The SMILES string of the molecule is CC1(C)CN(C(=O)C2CCN(C(=O)COc3ccccc3)CC2)CCS1=O. The summed E-state index contributed by atoms with van der Waals surface area (Å²) in [6.45, 7) is 6.20. The number of para-hydroxylation sites is 1. The molecule has 2 fully saturated rings. The predicted molar refractivity (Wildman–Crippen MR) is 105 cm³/mol. The topological polar surface area (TPSA) is 66.9 Å². The molecule has 0 aliphatic carbocycles. The summed E-state index contributed by atoms with van der Waals surface area (Å²) < 4.78 is 17.2. The van der Waals surface area contributed by atoms with Crippen LogP contribution in [0.15, 0.2) is 30.3 Å². The zero-order valence-electron chi connectivity index (χ0n) is 16.1. The number of carbonyl (C=O) groups excluding carboxylic acids is 2. The molecule has 1 aromatic rings. The van der Waals surface area contributed by atoms with Crippen LogP contribution in [-0.2, 0) is 20.4 Å². The van der Waals surface area contributed by atoms with Gasteiger partial charge in [0.05, 0.1) is 4.75 Å². The predicted octanol–water partition coefficient (Wildman–Crippen LogP) is 1.67. The van der Waals surface area contributed by atoms with Crippen LogP contribution in [0.2, 0.25) is 0 Å². The maximum Gasteiger partial charge on any atom is 0.260 e. The Hall–Kier alpha value is -1.89. The fourth-order valence-electron chi connectivity index (χ4n) is 3.66. The lowest BCUT2D eigenvalue weighted by atomic mass is 9.94. The van der Waals surface area contributed by atoms with E-state index in [0.29, 0.717) is 50.5 Å². The molecule has 148 valence electrons. The molecule has 2 heterocycles. The number of hydrogen-bond acceptors (Lipinski definition) is 4. The average molecular weight is 393 g/mol. The Morgan fingerprint density at radius 2 is 1.78 bits per heavy atom. The molecule has 0 spiro atoms. The van der Waals surface area contributed by atoms with Crippen molar-refractivity contribution >= 4 is 22.6 Å². The van der Waals surface area contributed by atoms with Crippen LogP contribution in [0, 0.1) is 5.92 Å². The van der Waals surface area contributed by atoms with E-state index in [1.165, 1.54) is 0 Å². The molecule has 0 saturated carbocycles. The molecule has 2 saturated heterocycles. The average Bonchev–Trinajstić information content (AvgIpc) is 2.68. The van der Waals surface area contributed by atoms with Crippen LogP contribution in [0.1, 0.15) is 26.7 Å². The van der Waals surface area contributed by atoms with Crippen molar-refractivity contribution in [3.05, 3.63) is 30.3 Å². The Morgan fingerprint density at radius 3 is 2.41 bits per heavy atom. The van der Waals surface area contributed by atoms with Gasteiger partial charge >= 0.3 is 0 Å². The lowest BCUT2D eigenvalue weighted by Gasteiger charge is -2.40. The van der Waals surface area contributed by atoms with Gasteiger partial charge in [0, 0.05) is 48.6 Å². The van der Waals surface area contributed by atoms with E-state index < -0.39 is 10.8 Å². The minimum absolute atomic E-state index is 0.0226. The lowest BCUT2D eigenvalue weighted by Crippen LogP contribution is -2.54. The highest BCUT2D eigenvalue weighted by atomic mass is 32.2. The Bertz CT molecular complexity index is 699. The van der Waals surface area contributed by atoms with Crippen LogP contribution in [-0.4, -0.2) is 69.1 Å². The number of nitrogens with zero attached hydrogens (tertiary/aromatic N) is 2. The number of hydrogen-bond donors (Lipinski definition) is 0. The van der Waals surface area contributed by atoms with E-state index in [1.807, 2.05) is 49.1 Å². The molecule has 0 aromatic heterocycles. The molecule has 2 amide bonds. The van der Waals surface area contributed by atoms with Gasteiger partial charge in [-0.25, -0.2) is 0 Å². The molecule has 2 aliphatic rings. The highest BCUT2D eigenvalue weighted by Gasteiger charge is 2.38. The number of piperidine rings is 1. The highest BCUT2D eigenvalue weighted by molar-refractivity contribution is 7.86. The number of benzene rings is 1. The molecular formula is C20H28N2O4S. The van der Waals surface area contributed by atoms with Crippen LogP contribution < -0.4 is 4.74 Å². The highest BCUT2D eigenvalue weighted by Crippen LogP contribution is 2.25. The van der Waals surface area contributed by atoms with Gasteiger partial charge in [-0.1, -0.05) is 18.2 Å². The van der Waals surface area contributed by atoms with Gasteiger partial charge in [0.25, 0.3) is 5.91 Å². The van der Waals surface area contributed by atoms with Crippen molar-refractivity contribution in [1.29, 1.82) is 0 Å². The first kappa shape index (κ1) is 19.9. The van der Waals surface area contributed by atoms with E-state index in [2.05, 4.69) is 0 Å². The minimum Gasteiger partial charge on any atom is -0.484 e. The second kappa shape index (κ2) is 8.42. The Morgan fingerprint density at radius 1 is 1.11 bits per heavy atom. The summed E-state index contributed by atoms with van der Waals surface area (Å²) in [7, 11) is -0.884. The first-order valence-electron chi connectivity index (χ1n) is 9.50. The van der Waals surface area contributed by atoms with Gasteiger partial charge in [-0.2, -0.15) is 0 Å². The monoisotopic (exact) mass is 392 g/mol. The maximum absolute atomic E-state index is 12.8. The van der Waals surface area contributed by atoms with Crippen LogP contribution in [0.4, 0.5) is 0 Å². The fraction of sp³-hybridized carbons (Fsp3) is 0.600. The van der Waals surface area contributed by atoms with Crippen LogP contribution >= 0.6 is 0 Å². The molecule has 1 atom stereocenters.